The molecular weight excluding hydrogens is 260 g/mol. The molecule has 0 aromatic heterocycles. The monoisotopic (exact) mass is 275 g/mol. The van der Waals surface area contributed by atoms with Crippen molar-refractivity contribution >= 4 is 5.78 Å². The van der Waals surface area contributed by atoms with Crippen LogP contribution in [0.1, 0.15) is 15.9 Å². The summed E-state index contributed by atoms with van der Waals surface area (Å²) in [6.45, 7) is 0.509. The van der Waals surface area contributed by atoms with E-state index in [1.807, 2.05) is 30.3 Å². The van der Waals surface area contributed by atoms with Crippen molar-refractivity contribution in [3.05, 3.63) is 71.3 Å². The van der Waals surface area contributed by atoms with Crippen LogP contribution in [0.5, 0.6) is 0 Å². The molecule has 2 aromatic carbocycles. The molecule has 20 heavy (non-hydrogen) atoms. The summed E-state index contributed by atoms with van der Waals surface area (Å²) in [5, 5.41) is 0. The molecule has 0 atom stereocenters. The summed E-state index contributed by atoms with van der Waals surface area (Å²) in [6, 6.07) is 13.0. The van der Waals surface area contributed by atoms with Crippen LogP contribution in [0.25, 0.3) is 0 Å². The molecule has 0 saturated heterocycles. The zero-order valence-electron chi connectivity index (χ0n) is 11.1. The fraction of sp³-hybridized carbons (Fsp3) is 0.188. The first kappa shape index (κ1) is 14.3. The number of benzene rings is 2. The minimum Gasteiger partial charge on any atom is -0.295 e. The fourth-order valence-electron chi connectivity index (χ4n) is 2.04. The Morgan fingerprint density at radius 2 is 1.60 bits per heavy atom. The van der Waals surface area contributed by atoms with Crippen molar-refractivity contribution < 1.29 is 13.6 Å². The number of halogens is 2. The highest BCUT2D eigenvalue weighted by Gasteiger charge is 2.18. The number of hydrogen-bond acceptors (Lipinski definition) is 2. The van der Waals surface area contributed by atoms with E-state index in [4.69, 9.17) is 0 Å². The molecule has 0 fully saturated rings. The van der Waals surface area contributed by atoms with E-state index in [0.717, 1.165) is 17.7 Å². The standard InChI is InChI=1S/C16H15F2NO/c1-19(10-12-6-3-2-4-7-12)11-15(20)16-13(17)8-5-9-14(16)18/h2-9H,10-11H2,1H3. The molecule has 0 aliphatic carbocycles. The molecule has 0 radical (unpaired) electrons. The van der Waals surface area contributed by atoms with E-state index in [1.165, 1.54) is 6.07 Å². The topological polar surface area (TPSA) is 20.3 Å². The number of ketones is 1. The van der Waals surface area contributed by atoms with Crippen LogP contribution in [0, 0.1) is 11.6 Å². The number of nitrogens with zero attached hydrogens (tertiary/aromatic N) is 1. The Labute approximate surface area is 116 Å². The van der Waals surface area contributed by atoms with E-state index in [2.05, 4.69) is 0 Å². The Bertz CT molecular complexity index is 578. The second-order valence-corrected chi connectivity index (χ2v) is 4.68. The zero-order valence-corrected chi connectivity index (χ0v) is 11.1. The van der Waals surface area contributed by atoms with Crippen LogP contribution in [0.15, 0.2) is 48.5 Å². The van der Waals surface area contributed by atoms with E-state index < -0.39 is 23.0 Å². The molecule has 0 amide bonds. The lowest BCUT2D eigenvalue weighted by Gasteiger charge is -2.16. The highest BCUT2D eigenvalue weighted by Crippen LogP contribution is 2.13. The third-order valence-electron chi connectivity index (χ3n) is 2.95. The number of Topliss-reactive ketones (excluding diaryl/α,β-unsaturated/α-hetero) is 1. The Balaban J connectivity index is 2.04. The maximum Gasteiger partial charge on any atom is 0.182 e. The van der Waals surface area contributed by atoms with Crippen molar-refractivity contribution in [2.45, 2.75) is 6.54 Å². The SMILES string of the molecule is CN(CC(=O)c1c(F)cccc1F)Cc1ccccc1. The van der Waals surface area contributed by atoms with Crippen LogP contribution >= 0.6 is 0 Å². The van der Waals surface area contributed by atoms with Gasteiger partial charge in [0.2, 0.25) is 0 Å². The lowest BCUT2D eigenvalue weighted by molar-refractivity contribution is 0.0934. The van der Waals surface area contributed by atoms with Crippen molar-refractivity contribution in [2.75, 3.05) is 13.6 Å². The van der Waals surface area contributed by atoms with Crippen molar-refractivity contribution in [2.24, 2.45) is 0 Å². The average molecular weight is 275 g/mol. The molecule has 0 aliphatic heterocycles. The number of carbonyl (C=O) groups is 1. The molecule has 2 nitrogen and oxygen atoms in total. The second-order valence-electron chi connectivity index (χ2n) is 4.68. The van der Waals surface area contributed by atoms with Gasteiger partial charge in [-0.3, -0.25) is 9.69 Å². The lowest BCUT2D eigenvalue weighted by Crippen LogP contribution is -2.26. The van der Waals surface area contributed by atoms with Crippen LogP contribution in [-0.2, 0) is 6.54 Å². The molecule has 0 bridgehead atoms. The molecule has 0 saturated carbocycles. The molecule has 4 heteroatoms. The zero-order chi connectivity index (χ0) is 14.5. The molecule has 2 aromatic rings. The van der Waals surface area contributed by atoms with Gasteiger partial charge in [0, 0.05) is 6.54 Å². The van der Waals surface area contributed by atoms with Crippen molar-refractivity contribution in [3.63, 3.8) is 0 Å². The first-order valence-electron chi connectivity index (χ1n) is 6.27. The molecule has 104 valence electrons. The van der Waals surface area contributed by atoms with Gasteiger partial charge in [0.15, 0.2) is 5.78 Å². The number of carbonyl (C=O) groups excluding carboxylic acids is 1. The number of rotatable bonds is 5. The predicted octanol–water partition coefficient (Wildman–Crippen LogP) is 3.28. The van der Waals surface area contributed by atoms with Gasteiger partial charge in [0.25, 0.3) is 0 Å². The van der Waals surface area contributed by atoms with Crippen LogP contribution in [-0.4, -0.2) is 24.3 Å². The van der Waals surface area contributed by atoms with Gasteiger partial charge < -0.3 is 0 Å². The summed E-state index contributed by atoms with van der Waals surface area (Å²) in [6.07, 6.45) is 0. The third-order valence-corrected chi connectivity index (χ3v) is 2.95. The van der Waals surface area contributed by atoms with Crippen LogP contribution in [0.2, 0.25) is 0 Å². The normalized spacial score (nSPS) is 10.8. The maximum absolute atomic E-state index is 13.5. The van der Waals surface area contributed by atoms with E-state index in [1.54, 1.807) is 11.9 Å². The van der Waals surface area contributed by atoms with Crippen LogP contribution in [0.3, 0.4) is 0 Å². The number of hydrogen-bond donors (Lipinski definition) is 0. The Morgan fingerprint density at radius 1 is 1.00 bits per heavy atom. The molecular formula is C16H15F2NO. The summed E-state index contributed by atoms with van der Waals surface area (Å²) in [5.74, 6) is -2.19. The highest BCUT2D eigenvalue weighted by atomic mass is 19.1. The Kier molecular flexibility index (Phi) is 4.58. The molecule has 0 unspecified atom stereocenters. The third kappa shape index (κ3) is 3.48. The second kappa shape index (κ2) is 6.39. The molecule has 0 aliphatic rings. The summed E-state index contributed by atoms with van der Waals surface area (Å²) in [5.41, 5.74) is 0.573. The smallest absolute Gasteiger partial charge is 0.182 e. The van der Waals surface area contributed by atoms with Gasteiger partial charge in [-0.05, 0) is 24.7 Å². The van der Waals surface area contributed by atoms with Gasteiger partial charge in [-0.15, -0.1) is 0 Å². The molecule has 0 spiro atoms. The maximum atomic E-state index is 13.5. The highest BCUT2D eigenvalue weighted by molar-refractivity contribution is 5.98. The van der Waals surface area contributed by atoms with Gasteiger partial charge >= 0.3 is 0 Å². The van der Waals surface area contributed by atoms with E-state index in [0.29, 0.717) is 6.54 Å². The summed E-state index contributed by atoms with van der Waals surface area (Å²) in [4.78, 5) is 13.7. The minimum absolute atomic E-state index is 0.0350. The fourth-order valence-corrected chi connectivity index (χ4v) is 2.04. The van der Waals surface area contributed by atoms with Crippen molar-refractivity contribution in [1.29, 1.82) is 0 Å². The summed E-state index contributed by atoms with van der Waals surface area (Å²) in [7, 11) is 1.74. The van der Waals surface area contributed by atoms with E-state index in [9.17, 15) is 13.6 Å². The first-order valence-corrected chi connectivity index (χ1v) is 6.27. The average Bonchev–Trinajstić information content (AvgIpc) is 2.39. The van der Waals surface area contributed by atoms with Gasteiger partial charge in [0.05, 0.1) is 12.1 Å². The van der Waals surface area contributed by atoms with Crippen LogP contribution in [0.4, 0.5) is 8.78 Å². The van der Waals surface area contributed by atoms with E-state index >= 15 is 0 Å². The molecule has 0 N–H and O–H groups in total. The predicted molar refractivity (Wildman–Crippen MR) is 73.5 cm³/mol. The summed E-state index contributed by atoms with van der Waals surface area (Å²) >= 11 is 0. The van der Waals surface area contributed by atoms with Gasteiger partial charge in [-0.25, -0.2) is 8.78 Å². The molecule has 0 heterocycles. The number of likely N-dealkylation sites (N-methyl/N-ethyl adjacent to an activating group) is 1. The Hall–Kier alpha value is -2.07. The van der Waals surface area contributed by atoms with Crippen LogP contribution < -0.4 is 0 Å². The quantitative estimate of drug-likeness (QED) is 0.780. The van der Waals surface area contributed by atoms with Gasteiger partial charge in [-0.1, -0.05) is 36.4 Å². The Morgan fingerprint density at radius 3 is 2.20 bits per heavy atom. The van der Waals surface area contributed by atoms with Crippen molar-refractivity contribution in [1.82, 2.24) is 4.90 Å². The van der Waals surface area contributed by atoms with E-state index in [-0.39, 0.29) is 6.54 Å². The summed E-state index contributed by atoms with van der Waals surface area (Å²) < 4.78 is 27.0. The molecule has 2 rings (SSSR count). The van der Waals surface area contributed by atoms with Crippen molar-refractivity contribution in [3.8, 4) is 0 Å². The largest absolute Gasteiger partial charge is 0.295 e. The lowest BCUT2D eigenvalue weighted by atomic mass is 10.1. The first-order chi connectivity index (χ1) is 9.58. The van der Waals surface area contributed by atoms with Gasteiger partial charge in [-0.2, -0.15) is 0 Å². The minimum atomic E-state index is -0.817. The van der Waals surface area contributed by atoms with Gasteiger partial charge in [0.1, 0.15) is 11.6 Å².